The van der Waals surface area contributed by atoms with Crippen LogP contribution < -0.4 is 14.4 Å². The molecular formula is C26H30FNO4. The molecule has 1 N–H and O–H groups in total. The predicted octanol–water partition coefficient (Wildman–Crippen LogP) is 4.17. The molecule has 0 radical (unpaired) electrons. The highest BCUT2D eigenvalue weighted by molar-refractivity contribution is 5.95. The summed E-state index contributed by atoms with van der Waals surface area (Å²) in [7, 11) is 0. The zero-order valence-corrected chi connectivity index (χ0v) is 18.9. The van der Waals surface area contributed by atoms with Crippen LogP contribution in [0.5, 0.6) is 11.5 Å². The monoisotopic (exact) mass is 439 g/mol. The molecule has 2 heterocycles. The number of rotatable bonds is 6. The van der Waals surface area contributed by atoms with Gasteiger partial charge in [0.25, 0.3) is 0 Å². The number of ketones is 1. The average molecular weight is 440 g/mol. The molecule has 3 aliphatic rings. The molecule has 1 unspecified atom stereocenters. The summed E-state index contributed by atoms with van der Waals surface area (Å²) in [6.07, 6.45) is 2.41. The maximum Gasteiger partial charge on any atom is 0.231 e. The highest BCUT2D eigenvalue weighted by atomic mass is 19.1. The minimum absolute atomic E-state index is 0.0158. The SMILES string of the molecule is CC(C)(C)C1Cc2cc(CC(=O)C3(c4ccc5c(c4)OCO5)CC3)c(F)cc2N1CCO. The Morgan fingerprint density at radius 2 is 1.94 bits per heavy atom. The van der Waals surface area contributed by atoms with Gasteiger partial charge in [0.05, 0.1) is 12.0 Å². The first-order valence-electron chi connectivity index (χ1n) is 11.4. The van der Waals surface area contributed by atoms with Crippen LogP contribution in [-0.4, -0.2) is 36.9 Å². The summed E-state index contributed by atoms with van der Waals surface area (Å²) in [4.78, 5) is 15.5. The molecule has 5 nitrogen and oxygen atoms in total. The molecule has 2 aromatic rings. The molecule has 6 heteroatoms. The number of anilines is 1. The van der Waals surface area contributed by atoms with Gasteiger partial charge in [-0.3, -0.25) is 4.79 Å². The number of benzene rings is 2. The minimum atomic E-state index is -0.552. The van der Waals surface area contributed by atoms with Crippen molar-refractivity contribution >= 4 is 11.5 Å². The van der Waals surface area contributed by atoms with E-state index in [1.165, 1.54) is 0 Å². The maximum atomic E-state index is 15.2. The van der Waals surface area contributed by atoms with Gasteiger partial charge in [0.15, 0.2) is 11.5 Å². The smallest absolute Gasteiger partial charge is 0.231 e. The van der Waals surface area contributed by atoms with Gasteiger partial charge in [0.2, 0.25) is 6.79 Å². The van der Waals surface area contributed by atoms with Crippen LogP contribution in [0.1, 0.15) is 50.3 Å². The summed E-state index contributed by atoms with van der Waals surface area (Å²) >= 11 is 0. The predicted molar refractivity (Wildman–Crippen MR) is 120 cm³/mol. The number of fused-ring (bicyclic) bond motifs is 2. The second-order valence-corrected chi connectivity index (χ2v) is 10.3. The molecule has 1 aliphatic carbocycles. The van der Waals surface area contributed by atoms with Crippen molar-refractivity contribution in [3.05, 3.63) is 52.8 Å². The fraction of sp³-hybridized carbons (Fsp3) is 0.500. The Morgan fingerprint density at radius 3 is 2.62 bits per heavy atom. The summed E-state index contributed by atoms with van der Waals surface area (Å²) in [6, 6.07) is 9.28. The second-order valence-electron chi connectivity index (χ2n) is 10.3. The van der Waals surface area contributed by atoms with Gasteiger partial charge < -0.3 is 19.5 Å². The van der Waals surface area contributed by atoms with Crippen LogP contribution in [0, 0.1) is 11.2 Å². The van der Waals surface area contributed by atoms with Crippen molar-refractivity contribution < 1.29 is 23.8 Å². The number of aliphatic hydroxyl groups is 1. The first-order valence-corrected chi connectivity index (χ1v) is 11.4. The van der Waals surface area contributed by atoms with E-state index >= 15 is 4.39 Å². The molecule has 0 saturated heterocycles. The fourth-order valence-electron chi connectivity index (χ4n) is 5.26. The Morgan fingerprint density at radius 1 is 1.19 bits per heavy atom. The lowest BCUT2D eigenvalue weighted by molar-refractivity contribution is -0.120. The van der Waals surface area contributed by atoms with Crippen LogP contribution in [0.15, 0.2) is 30.3 Å². The first kappa shape index (κ1) is 21.3. The molecule has 1 saturated carbocycles. The standard InChI is InChI=1S/C26H30FNO4/c1-25(2,3)23-11-17-10-16(19(27)14-20(17)28(23)8-9-29)12-24(30)26(6-7-26)18-4-5-21-22(13-18)32-15-31-21/h4-5,10,13-14,23,29H,6-9,11-12,15H2,1-3H3. The molecule has 32 heavy (non-hydrogen) atoms. The van der Waals surface area contributed by atoms with Gasteiger partial charge in [-0.25, -0.2) is 4.39 Å². The van der Waals surface area contributed by atoms with Crippen LogP contribution in [0.4, 0.5) is 10.1 Å². The van der Waals surface area contributed by atoms with Crippen molar-refractivity contribution in [2.24, 2.45) is 5.41 Å². The fourth-order valence-corrected chi connectivity index (χ4v) is 5.26. The van der Waals surface area contributed by atoms with Crippen LogP contribution in [0.2, 0.25) is 0 Å². The largest absolute Gasteiger partial charge is 0.454 e. The zero-order valence-electron chi connectivity index (χ0n) is 18.9. The van der Waals surface area contributed by atoms with Crippen LogP contribution in [0.3, 0.4) is 0 Å². The van der Waals surface area contributed by atoms with E-state index in [9.17, 15) is 9.90 Å². The molecular weight excluding hydrogens is 409 g/mol. The van der Waals surface area contributed by atoms with Crippen LogP contribution in [-0.2, 0) is 23.1 Å². The van der Waals surface area contributed by atoms with Crippen molar-refractivity contribution in [3.8, 4) is 11.5 Å². The van der Waals surface area contributed by atoms with Crippen molar-refractivity contribution in [3.63, 3.8) is 0 Å². The average Bonchev–Trinajstić information content (AvgIpc) is 3.29. The molecule has 0 amide bonds. The molecule has 1 fully saturated rings. The highest BCUT2D eigenvalue weighted by Gasteiger charge is 2.51. The van der Waals surface area contributed by atoms with Crippen LogP contribution >= 0.6 is 0 Å². The number of aliphatic hydroxyl groups excluding tert-OH is 1. The molecule has 2 aliphatic heterocycles. The van der Waals surface area contributed by atoms with Gasteiger partial charge in [-0.2, -0.15) is 0 Å². The van der Waals surface area contributed by atoms with E-state index in [-0.39, 0.29) is 42.9 Å². The number of hydrogen-bond donors (Lipinski definition) is 1. The third-order valence-corrected chi connectivity index (χ3v) is 7.25. The van der Waals surface area contributed by atoms with Crippen molar-refractivity contribution in [2.75, 3.05) is 24.8 Å². The Bertz CT molecular complexity index is 1070. The summed E-state index contributed by atoms with van der Waals surface area (Å²) in [5.74, 6) is 1.06. The number of carbonyl (C=O) groups excluding carboxylic acids is 1. The Kier molecular flexibility index (Phi) is 4.97. The Hall–Kier alpha value is -2.60. The van der Waals surface area contributed by atoms with Gasteiger partial charge in [-0.15, -0.1) is 0 Å². The topological polar surface area (TPSA) is 59.0 Å². The number of β-amino-alcohol motifs (C(OH)–C–C–N with tert-alkyl or cyclic N) is 1. The van der Waals surface area contributed by atoms with Gasteiger partial charge in [-0.05, 0) is 59.6 Å². The number of ether oxygens (including phenoxy) is 2. The molecule has 170 valence electrons. The van der Waals surface area contributed by atoms with E-state index in [1.807, 2.05) is 24.3 Å². The molecule has 0 aromatic heterocycles. The summed E-state index contributed by atoms with van der Waals surface area (Å²) in [5.41, 5.74) is 2.70. The van der Waals surface area contributed by atoms with Crippen molar-refractivity contribution in [1.29, 1.82) is 0 Å². The number of hydrogen-bond acceptors (Lipinski definition) is 5. The molecule has 5 rings (SSSR count). The zero-order chi connectivity index (χ0) is 22.7. The summed E-state index contributed by atoms with van der Waals surface area (Å²) in [5, 5.41) is 9.54. The minimum Gasteiger partial charge on any atom is -0.454 e. The normalized spacial score (nSPS) is 20.4. The number of carbonyl (C=O) groups is 1. The lowest BCUT2D eigenvalue weighted by Gasteiger charge is -2.36. The third kappa shape index (κ3) is 3.45. The number of halogens is 1. The van der Waals surface area contributed by atoms with E-state index in [1.54, 1.807) is 6.07 Å². The second kappa shape index (κ2) is 7.48. The van der Waals surface area contributed by atoms with Crippen molar-refractivity contribution in [1.82, 2.24) is 0 Å². The van der Waals surface area contributed by atoms with Crippen molar-refractivity contribution in [2.45, 2.75) is 57.9 Å². The molecule has 2 aromatic carbocycles. The first-order chi connectivity index (χ1) is 15.2. The summed E-state index contributed by atoms with van der Waals surface area (Å²) < 4.78 is 26.0. The van der Waals surface area contributed by atoms with Gasteiger partial charge in [0.1, 0.15) is 11.6 Å². The lowest BCUT2D eigenvalue weighted by Crippen LogP contribution is -2.43. The molecule has 0 bridgehead atoms. The van der Waals surface area contributed by atoms with E-state index in [0.29, 0.717) is 23.6 Å². The Labute approximate surface area is 188 Å². The van der Waals surface area contributed by atoms with Gasteiger partial charge in [-0.1, -0.05) is 32.9 Å². The van der Waals surface area contributed by atoms with E-state index in [2.05, 4.69) is 25.7 Å². The highest BCUT2D eigenvalue weighted by Crippen LogP contribution is 2.52. The van der Waals surface area contributed by atoms with Crippen LogP contribution in [0.25, 0.3) is 0 Å². The number of nitrogens with zero attached hydrogens (tertiary/aromatic N) is 1. The maximum absolute atomic E-state index is 15.2. The van der Waals surface area contributed by atoms with E-state index in [4.69, 9.17) is 9.47 Å². The quantitative estimate of drug-likeness (QED) is 0.732. The third-order valence-electron chi connectivity index (χ3n) is 7.25. The summed E-state index contributed by atoms with van der Waals surface area (Å²) in [6.45, 7) is 7.18. The van der Waals surface area contributed by atoms with Gasteiger partial charge in [0, 0.05) is 24.7 Å². The van der Waals surface area contributed by atoms with E-state index < -0.39 is 5.41 Å². The Balaban J connectivity index is 1.41. The molecule has 1 atom stereocenters. The molecule has 0 spiro atoms. The van der Waals surface area contributed by atoms with Gasteiger partial charge >= 0.3 is 0 Å². The lowest BCUT2D eigenvalue weighted by atomic mass is 9.84. The van der Waals surface area contributed by atoms with E-state index in [0.717, 1.165) is 36.1 Å². The number of Topliss-reactive ketones (excluding diaryl/α,β-unsaturated/α-hetero) is 1.